The first kappa shape index (κ1) is 14.6. The maximum atomic E-state index is 12.0. The molecule has 2 aliphatic heterocycles. The third-order valence-corrected chi connectivity index (χ3v) is 3.16. The van der Waals surface area contributed by atoms with Gasteiger partial charge in [-0.15, -0.1) is 34.0 Å². The molecule has 2 bridgehead atoms. The first-order valence-corrected chi connectivity index (χ1v) is 4.53. The number of nitrogens with one attached hydrogen (secondary N) is 2. The Balaban J connectivity index is 0.000000845. The van der Waals surface area contributed by atoms with Crippen LogP contribution in [0.1, 0.15) is 13.8 Å². The van der Waals surface area contributed by atoms with Gasteiger partial charge >= 0.3 is 0 Å². The zero-order valence-electron chi connectivity index (χ0n) is 8.55. The van der Waals surface area contributed by atoms with Crippen LogP contribution in [0, 0.1) is 10.8 Å². The monoisotopic (exact) mass is 328 g/mol. The molecule has 3 nitrogen and oxygen atoms in total. The molecule has 0 unspecified atom stereocenters. The van der Waals surface area contributed by atoms with Gasteiger partial charge in [-0.05, 0) is 0 Å². The standard InChI is InChI=1S/C9H16N2O.2BrH/c1-8-3-10-5-9(2,7(8)12)6-11-4-8;;/h10-11H,3-6H2,1-2H3;2*1H. The summed E-state index contributed by atoms with van der Waals surface area (Å²) < 4.78 is 0. The van der Waals surface area contributed by atoms with Gasteiger partial charge in [0.2, 0.25) is 0 Å². The summed E-state index contributed by atoms with van der Waals surface area (Å²) in [6.45, 7) is 7.41. The first-order chi connectivity index (χ1) is 5.57. The molecule has 0 amide bonds. The maximum Gasteiger partial charge on any atom is 0.149 e. The Bertz CT molecular complexity index is 203. The summed E-state index contributed by atoms with van der Waals surface area (Å²) in [5, 5.41) is 6.67. The molecule has 2 N–H and O–H groups in total. The van der Waals surface area contributed by atoms with Crippen LogP contribution in [0.25, 0.3) is 0 Å². The van der Waals surface area contributed by atoms with Crippen LogP contribution in [0.15, 0.2) is 0 Å². The molecule has 0 atom stereocenters. The number of ketones is 1. The van der Waals surface area contributed by atoms with E-state index in [1.807, 2.05) is 13.8 Å². The third-order valence-electron chi connectivity index (χ3n) is 3.16. The van der Waals surface area contributed by atoms with E-state index < -0.39 is 0 Å². The summed E-state index contributed by atoms with van der Waals surface area (Å²) in [5.41, 5.74) is -0.323. The Hall–Kier alpha value is 0.550. The Morgan fingerprint density at radius 3 is 1.43 bits per heavy atom. The molecule has 0 aromatic carbocycles. The molecule has 0 aliphatic carbocycles. The van der Waals surface area contributed by atoms with E-state index in [-0.39, 0.29) is 44.8 Å². The Labute approximate surface area is 106 Å². The van der Waals surface area contributed by atoms with Gasteiger partial charge in [0.25, 0.3) is 0 Å². The van der Waals surface area contributed by atoms with Crippen LogP contribution >= 0.6 is 34.0 Å². The van der Waals surface area contributed by atoms with Crippen molar-refractivity contribution in [2.75, 3.05) is 26.2 Å². The molecule has 84 valence electrons. The summed E-state index contributed by atoms with van der Waals surface area (Å²) in [6, 6.07) is 0. The number of hydrogen-bond donors (Lipinski definition) is 2. The second-order valence-corrected chi connectivity index (χ2v) is 4.66. The molecule has 2 aliphatic rings. The van der Waals surface area contributed by atoms with Crippen LogP contribution in [0.3, 0.4) is 0 Å². The van der Waals surface area contributed by atoms with E-state index >= 15 is 0 Å². The van der Waals surface area contributed by atoms with Crippen molar-refractivity contribution in [3.05, 3.63) is 0 Å². The fraction of sp³-hybridized carbons (Fsp3) is 0.889. The Morgan fingerprint density at radius 2 is 1.21 bits per heavy atom. The summed E-state index contributed by atoms with van der Waals surface area (Å²) in [6.07, 6.45) is 0. The predicted molar refractivity (Wildman–Crippen MR) is 67.6 cm³/mol. The molecule has 2 saturated heterocycles. The molecular weight excluding hydrogens is 312 g/mol. The lowest BCUT2D eigenvalue weighted by molar-refractivity contribution is -0.143. The molecule has 0 radical (unpaired) electrons. The highest BCUT2D eigenvalue weighted by molar-refractivity contribution is 8.93. The summed E-state index contributed by atoms with van der Waals surface area (Å²) in [4.78, 5) is 12.0. The van der Waals surface area contributed by atoms with E-state index in [9.17, 15) is 4.79 Å². The van der Waals surface area contributed by atoms with E-state index in [2.05, 4.69) is 10.6 Å². The molecule has 0 spiro atoms. The molecular formula is C9H18Br2N2O. The molecule has 2 fully saturated rings. The highest BCUT2D eigenvalue weighted by Gasteiger charge is 2.50. The number of rotatable bonds is 0. The third kappa shape index (κ3) is 2.05. The predicted octanol–water partition coefficient (Wildman–Crippen LogP) is 0.930. The highest BCUT2D eigenvalue weighted by Crippen LogP contribution is 2.35. The summed E-state index contributed by atoms with van der Waals surface area (Å²) >= 11 is 0. The SMILES string of the molecule is Br.Br.CC12CNCC(C)(CNC1)C2=O. The quantitative estimate of drug-likeness (QED) is 0.694. The van der Waals surface area contributed by atoms with Crippen LogP contribution in [0.5, 0.6) is 0 Å². The van der Waals surface area contributed by atoms with Crippen LogP contribution in [0.4, 0.5) is 0 Å². The fourth-order valence-corrected chi connectivity index (χ4v) is 2.40. The summed E-state index contributed by atoms with van der Waals surface area (Å²) in [5.74, 6) is 0.438. The lowest BCUT2D eigenvalue weighted by atomic mass is 9.66. The maximum absolute atomic E-state index is 12.0. The van der Waals surface area contributed by atoms with Gasteiger partial charge in [0.15, 0.2) is 0 Å². The van der Waals surface area contributed by atoms with Gasteiger partial charge in [0.1, 0.15) is 5.78 Å². The lowest BCUT2D eigenvalue weighted by Gasteiger charge is -2.48. The molecule has 14 heavy (non-hydrogen) atoms. The minimum Gasteiger partial charge on any atom is -0.315 e. The van der Waals surface area contributed by atoms with Gasteiger partial charge in [-0.3, -0.25) is 4.79 Å². The van der Waals surface area contributed by atoms with Crippen LogP contribution in [-0.2, 0) is 4.79 Å². The van der Waals surface area contributed by atoms with Gasteiger partial charge in [0.05, 0.1) is 10.8 Å². The van der Waals surface area contributed by atoms with Crippen LogP contribution in [-0.4, -0.2) is 32.0 Å². The van der Waals surface area contributed by atoms with Gasteiger partial charge in [-0.25, -0.2) is 0 Å². The van der Waals surface area contributed by atoms with Gasteiger partial charge in [-0.1, -0.05) is 13.8 Å². The van der Waals surface area contributed by atoms with Crippen molar-refractivity contribution in [2.45, 2.75) is 13.8 Å². The van der Waals surface area contributed by atoms with Gasteiger partial charge in [-0.2, -0.15) is 0 Å². The number of carbonyl (C=O) groups excluding carboxylic acids is 1. The number of halogens is 2. The van der Waals surface area contributed by atoms with Crippen LogP contribution < -0.4 is 10.6 Å². The van der Waals surface area contributed by atoms with E-state index in [1.165, 1.54) is 0 Å². The van der Waals surface area contributed by atoms with Gasteiger partial charge in [0, 0.05) is 26.2 Å². The highest BCUT2D eigenvalue weighted by atomic mass is 79.9. The minimum atomic E-state index is -0.161. The molecule has 0 saturated carbocycles. The molecule has 2 heterocycles. The van der Waals surface area contributed by atoms with Crippen LogP contribution in [0.2, 0.25) is 0 Å². The number of piperidine rings is 2. The zero-order chi connectivity index (χ0) is 8.82. The van der Waals surface area contributed by atoms with E-state index in [4.69, 9.17) is 0 Å². The van der Waals surface area contributed by atoms with Crippen molar-refractivity contribution in [3.63, 3.8) is 0 Å². The topological polar surface area (TPSA) is 41.1 Å². The van der Waals surface area contributed by atoms with Crippen molar-refractivity contribution in [3.8, 4) is 0 Å². The molecule has 0 aromatic heterocycles. The van der Waals surface area contributed by atoms with Crippen molar-refractivity contribution in [1.82, 2.24) is 10.6 Å². The van der Waals surface area contributed by atoms with Crippen molar-refractivity contribution >= 4 is 39.7 Å². The van der Waals surface area contributed by atoms with Crippen molar-refractivity contribution in [1.29, 1.82) is 0 Å². The Morgan fingerprint density at radius 1 is 0.929 bits per heavy atom. The van der Waals surface area contributed by atoms with Crippen molar-refractivity contribution < 1.29 is 4.79 Å². The largest absolute Gasteiger partial charge is 0.315 e. The zero-order valence-corrected chi connectivity index (χ0v) is 12.0. The molecule has 0 aromatic rings. The second kappa shape index (κ2) is 4.60. The minimum absolute atomic E-state index is 0. The fourth-order valence-electron chi connectivity index (χ4n) is 2.40. The number of fused-ring (bicyclic) bond motifs is 2. The number of Topliss-reactive ketones (excluding diaryl/α,β-unsaturated/α-hetero) is 1. The van der Waals surface area contributed by atoms with E-state index in [0.29, 0.717) is 5.78 Å². The average molecular weight is 330 g/mol. The normalized spacial score (nSPS) is 40.9. The number of hydrogen-bond acceptors (Lipinski definition) is 3. The Kier molecular flexibility index (Phi) is 4.78. The smallest absolute Gasteiger partial charge is 0.149 e. The summed E-state index contributed by atoms with van der Waals surface area (Å²) in [7, 11) is 0. The van der Waals surface area contributed by atoms with E-state index in [1.54, 1.807) is 0 Å². The first-order valence-electron chi connectivity index (χ1n) is 4.53. The molecule has 2 rings (SSSR count). The van der Waals surface area contributed by atoms with Gasteiger partial charge < -0.3 is 10.6 Å². The number of carbonyl (C=O) groups is 1. The lowest BCUT2D eigenvalue weighted by Crippen LogP contribution is -2.66. The molecule has 5 heteroatoms. The van der Waals surface area contributed by atoms with Crippen molar-refractivity contribution in [2.24, 2.45) is 10.8 Å². The average Bonchev–Trinajstić information content (AvgIpc) is 1.97. The second-order valence-electron chi connectivity index (χ2n) is 4.66. The van der Waals surface area contributed by atoms with E-state index in [0.717, 1.165) is 26.2 Å².